The smallest absolute Gasteiger partial charge is 0.330 e. The molecular formula is C8H13INSn+5. The maximum Gasteiger partial charge on any atom is 4.00 e. The third-order valence-corrected chi connectivity index (χ3v) is 1.28. The standard InChI is InChI=1S/C8H11N.H2I.Sn/c9-7-6-8-4-2-1-3-5-8;;/h1-5H,6-7,9H2;1H2;/q;+1;+4. The Morgan fingerprint density at radius 3 is 2.09 bits per heavy atom. The van der Waals surface area contributed by atoms with E-state index in [0.717, 1.165) is 13.0 Å². The van der Waals surface area contributed by atoms with E-state index in [-0.39, 0.29) is 47.9 Å². The van der Waals surface area contributed by atoms with Crippen molar-refractivity contribution in [2.24, 2.45) is 5.73 Å². The van der Waals surface area contributed by atoms with Gasteiger partial charge in [-0.05, 0) is 18.5 Å². The molecule has 2 N–H and O–H groups in total. The van der Waals surface area contributed by atoms with E-state index in [1.807, 2.05) is 18.2 Å². The Balaban J connectivity index is 0. The molecule has 0 spiro atoms. The van der Waals surface area contributed by atoms with Crippen molar-refractivity contribution in [1.29, 1.82) is 0 Å². The van der Waals surface area contributed by atoms with Crippen molar-refractivity contribution in [3.05, 3.63) is 35.9 Å². The SMILES string of the molecule is NCCc1ccccc1.[IH2+].[Sn+4]. The summed E-state index contributed by atoms with van der Waals surface area (Å²) in [5, 5.41) is 0. The summed E-state index contributed by atoms with van der Waals surface area (Å²) in [5.74, 6) is 0. The monoisotopic (exact) mass is 370 g/mol. The van der Waals surface area contributed by atoms with Gasteiger partial charge in [0.1, 0.15) is 0 Å². The average molecular weight is 369 g/mol. The van der Waals surface area contributed by atoms with Crippen LogP contribution in [0.15, 0.2) is 30.3 Å². The van der Waals surface area contributed by atoms with Crippen LogP contribution in [0.4, 0.5) is 0 Å². The zero-order valence-corrected chi connectivity index (χ0v) is 11.7. The quantitative estimate of drug-likeness (QED) is 0.445. The van der Waals surface area contributed by atoms with Gasteiger partial charge in [-0.1, -0.05) is 30.3 Å². The Hall–Kier alpha value is 0.709. The minimum Gasteiger partial charge on any atom is -0.330 e. The fraction of sp³-hybridized carbons (Fsp3) is 0.250. The second kappa shape index (κ2) is 8.80. The van der Waals surface area contributed by atoms with Gasteiger partial charge in [0.15, 0.2) is 0 Å². The van der Waals surface area contributed by atoms with Crippen LogP contribution < -0.4 is 29.7 Å². The Morgan fingerprint density at radius 1 is 1.09 bits per heavy atom. The van der Waals surface area contributed by atoms with E-state index < -0.39 is 0 Å². The average Bonchev–Trinajstić information content (AvgIpc) is 1.91. The molecule has 0 aromatic heterocycles. The van der Waals surface area contributed by atoms with Crippen LogP contribution in [0.1, 0.15) is 5.56 Å². The number of hydrogen-bond acceptors (Lipinski definition) is 1. The largest absolute Gasteiger partial charge is 4.00 e. The second-order valence-electron chi connectivity index (χ2n) is 2.02. The minimum atomic E-state index is 0. The first-order valence-electron chi connectivity index (χ1n) is 3.17. The number of nitrogens with two attached hydrogens (primary N) is 1. The zero-order valence-electron chi connectivity index (χ0n) is 6.33. The molecule has 1 aromatic rings. The van der Waals surface area contributed by atoms with E-state index in [4.69, 9.17) is 5.73 Å². The van der Waals surface area contributed by atoms with Crippen molar-refractivity contribution < 1.29 is 24.0 Å². The molecular weight excluding hydrogens is 356 g/mol. The molecule has 3 heteroatoms. The van der Waals surface area contributed by atoms with Crippen molar-refractivity contribution in [3.63, 3.8) is 0 Å². The van der Waals surface area contributed by atoms with E-state index in [1.54, 1.807) is 0 Å². The fourth-order valence-corrected chi connectivity index (χ4v) is 0.811. The van der Waals surface area contributed by atoms with Gasteiger partial charge in [-0.15, -0.1) is 0 Å². The molecule has 0 aliphatic rings. The summed E-state index contributed by atoms with van der Waals surface area (Å²) in [4.78, 5) is 0. The van der Waals surface area contributed by atoms with Crippen LogP contribution in [0.2, 0.25) is 0 Å². The molecule has 0 aliphatic heterocycles. The summed E-state index contributed by atoms with van der Waals surface area (Å²) in [6, 6.07) is 10.3. The van der Waals surface area contributed by atoms with Crippen LogP contribution in [-0.2, 0) is 6.42 Å². The maximum atomic E-state index is 5.36. The summed E-state index contributed by atoms with van der Waals surface area (Å²) >= 11 is 0. The molecule has 0 atom stereocenters. The predicted molar refractivity (Wildman–Crippen MR) is 47.7 cm³/mol. The van der Waals surface area contributed by atoms with Crippen LogP contribution in [0.5, 0.6) is 0 Å². The molecule has 56 valence electrons. The summed E-state index contributed by atoms with van der Waals surface area (Å²) in [5.41, 5.74) is 6.68. The molecule has 0 fully saturated rings. The Morgan fingerprint density at radius 2 is 1.64 bits per heavy atom. The first-order valence-corrected chi connectivity index (χ1v) is 3.17. The first-order chi connectivity index (χ1) is 4.43. The van der Waals surface area contributed by atoms with Crippen molar-refractivity contribution in [1.82, 2.24) is 0 Å². The Labute approximate surface area is 102 Å². The molecule has 1 rings (SSSR count). The van der Waals surface area contributed by atoms with E-state index in [0.29, 0.717) is 0 Å². The predicted octanol–water partition coefficient (Wildman–Crippen LogP) is -2.72. The van der Waals surface area contributed by atoms with Crippen LogP contribution >= 0.6 is 0 Å². The molecule has 0 heterocycles. The molecule has 0 aliphatic carbocycles. The van der Waals surface area contributed by atoms with Gasteiger partial charge in [-0.25, -0.2) is 0 Å². The fourth-order valence-electron chi connectivity index (χ4n) is 0.811. The molecule has 1 nitrogen and oxygen atoms in total. The molecule has 0 amide bonds. The Kier molecular flexibility index (Phi) is 11.4. The second-order valence-corrected chi connectivity index (χ2v) is 2.02. The van der Waals surface area contributed by atoms with Crippen LogP contribution in [0.25, 0.3) is 0 Å². The third-order valence-electron chi connectivity index (χ3n) is 1.28. The van der Waals surface area contributed by atoms with Gasteiger partial charge in [0.2, 0.25) is 24.0 Å². The van der Waals surface area contributed by atoms with Crippen LogP contribution in [0, 0.1) is 0 Å². The van der Waals surface area contributed by atoms with Crippen LogP contribution in [-0.4, -0.2) is 30.5 Å². The minimum absolute atomic E-state index is 0. The summed E-state index contributed by atoms with van der Waals surface area (Å²) in [6.45, 7) is 0.740. The third kappa shape index (κ3) is 5.92. The topological polar surface area (TPSA) is 26.0 Å². The molecule has 11 heavy (non-hydrogen) atoms. The van der Waals surface area contributed by atoms with Crippen molar-refractivity contribution >= 4 is 23.9 Å². The Bertz CT molecular complexity index is 167. The van der Waals surface area contributed by atoms with Gasteiger partial charge in [0.25, 0.3) is 0 Å². The number of benzene rings is 1. The van der Waals surface area contributed by atoms with Gasteiger partial charge < -0.3 is 5.73 Å². The molecule has 0 saturated carbocycles. The maximum absolute atomic E-state index is 5.36. The van der Waals surface area contributed by atoms with E-state index >= 15 is 0 Å². The molecule has 0 radical (unpaired) electrons. The first kappa shape index (κ1) is 14.2. The summed E-state index contributed by atoms with van der Waals surface area (Å²) in [7, 11) is 0. The van der Waals surface area contributed by atoms with Crippen molar-refractivity contribution in [3.8, 4) is 0 Å². The normalized spacial score (nSPS) is 7.73. The van der Waals surface area contributed by atoms with Crippen LogP contribution in [0.3, 0.4) is 0 Å². The summed E-state index contributed by atoms with van der Waals surface area (Å²) < 4.78 is 0. The summed E-state index contributed by atoms with van der Waals surface area (Å²) in [6.07, 6.45) is 0.987. The molecule has 1 aromatic carbocycles. The number of hydrogen-bond donors (Lipinski definition) is 1. The zero-order chi connectivity index (χ0) is 6.53. The van der Waals surface area contributed by atoms with E-state index in [1.165, 1.54) is 5.56 Å². The van der Waals surface area contributed by atoms with Crippen molar-refractivity contribution in [2.75, 3.05) is 6.54 Å². The van der Waals surface area contributed by atoms with E-state index in [2.05, 4.69) is 12.1 Å². The van der Waals surface area contributed by atoms with Crippen molar-refractivity contribution in [2.45, 2.75) is 6.42 Å². The molecule has 0 unspecified atom stereocenters. The number of halogens is 1. The van der Waals surface area contributed by atoms with Gasteiger partial charge in [-0.3, -0.25) is 0 Å². The van der Waals surface area contributed by atoms with E-state index in [9.17, 15) is 0 Å². The molecule has 0 saturated heterocycles. The number of rotatable bonds is 2. The van der Waals surface area contributed by atoms with Gasteiger partial charge in [0.05, 0.1) is 0 Å². The molecule has 0 bridgehead atoms. The van der Waals surface area contributed by atoms with Gasteiger partial charge in [0, 0.05) is 0 Å². The van der Waals surface area contributed by atoms with Gasteiger partial charge in [-0.2, -0.15) is 0 Å². The van der Waals surface area contributed by atoms with Gasteiger partial charge >= 0.3 is 23.9 Å².